The number of fused-ring (bicyclic) bond motifs is 1. The Balaban J connectivity index is 2.36. The fourth-order valence-electron chi connectivity index (χ4n) is 1.45. The second kappa shape index (κ2) is 4.50. The summed E-state index contributed by atoms with van der Waals surface area (Å²) < 4.78 is 5.39. The third-order valence-corrected chi connectivity index (χ3v) is 2.22. The van der Waals surface area contributed by atoms with Gasteiger partial charge in [0.15, 0.2) is 5.65 Å². The number of nitrogens with one attached hydrogen (secondary N) is 1. The van der Waals surface area contributed by atoms with E-state index in [0.29, 0.717) is 23.6 Å². The maximum Gasteiger partial charge on any atom is 0.338 e. The molecule has 0 amide bonds. The Morgan fingerprint density at radius 3 is 3.00 bits per heavy atom. The maximum absolute atomic E-state index is 11.0. The average molecular weight is 235 g/mol. The Morgan fingerprint density at radius 1 is 1.59 bits per heavy atom. The molecule has 0 saturated heterocycles. The number of ether oxygens (including phenoxy) is 1. The molecule has 0 atom stereocenters. The molecular weight excluding hydrogens is 222 g/mol. The van der Waals surface area contributed by atoms with Crippen LogP contribution in [0.4, 0.5) is 0 Å². The SMILES string of the molecule is CC(C)OCc1nc2nccc(C(=O)O)c2[nH]1. The Morgan fingerprint density at radius 2 is 2.35 bits per heavy atom. The first-order chi connectivity index (χ1) is 8.08. The standard InChI is InChI=1S/C11H13N3O3/c1-6(2)17-5-8-13-9-7(11(15)16)3-4-12-10(9)14-8/h3-4,6H,5H2,1-2H3,(H,15,16)(H,12,13,14). The minimum atomic E-state index is -1.00. The quantitative estimate of drug-likeness (QED) is 0.839. The number of carboxylic acid groups (broad SMARTS) is 1. The lowest BCUT2D eigenvalue weighted by Crippen LogP contribution is -2.03. The van der Waals surface area contributed by atoms with E-state index in [0.717, 1.165) is 0 Å². The van der Waals surface area contributed by atoms with Crippen molar-refractivity contribution in [1.29, 1.82) is 0 Å². The molecular formula is C11H13N3O3. The van der Waals surface area contributed by atoms with Crippen molar-refractivity contribution in [1.82, 2.24) is 15.0 Å². The summed E-state index contributed by atoms with van der Waals surface area (Å²) in [7, 11) is 0. The molecule has 2 N–H and O–H groups in total. The molecule has 2 heterocycles. The number of pyridine rings is 1. The fraction of sp³-hybridized carbons (Fsp3) is 0.364. The smallest absolute Gasteiger partial charge is 0.338 e. The van der Waals surface area contributed by atoms with Crippen molar-refractivity contribution in [2.24, 2.45) is 0 Å². The molecule has 6 heteroatoms. The molecule has 0 spiro atoms. The van der Waals surface area contributed by atoms with Crippen LogP contribution in [0, 0.1) is 0 Å². The van der Waals surface area contributed by atoms with Crippen LogP contribution in [0.5, 0.6) is 0 Å². The first-order valence-electron chi connectivity index (χ1n) is 5.26. The number of hydrogen-bond donors (Lipinski definition) is 2. The summed E-state index contributed by atoms with van der Waals surface area (Å²) in [6.45, 7) is 4.15. The topological polar surface area (TPSA) is 88.1 Å². The molecule has 2 aromatic heterocycles. The van der Waals surface area contributed by atoms with Gasteiger partial charge in [-0.05, 0) is 19.9 Å². The minimum absolute atomic E-state index is 0.0927. The van der Waals surface area contributed by atoms with Crippen LogP contribution in [0.15, 0.2) is 12.3 Å². The Kier molecular flexibility index (Phi) is 3.06. The molecule has 0 aromatic carbocycles. The zero-order valence-corrected chi connectivity index (χ0v) is 9.60. The van der Waals surface area contributed by atoms with Crippen LogP contribution in [0.3, 0.4) is 0 Å². The maximum atomic E-state index is 11.0. The summed E-state index contributed by atoms with van der Waals surface area (Å²) in [6, 6.07) is 1.44. The second-order valence-corrected chi connectivity index (χ2v) is 3.91. The molecule has 2 aromatic rings. The average Bonchev–Trinajstić information content (AvgIpc) is 2.68. The molecule has 0 aliphatic rings. The van der Waals surface area contributed by atoms with Crippen LogP contribution in [-0.4, -0.2) is 32.1 Å². The number of aromatic amines is 1. The summed E-state index contributed by atoms with van der Waals surface area (Å²) in [6.07, 6.45) is 1.52. The van der Waals surface area contributed by atoms with Crippen molar-refractivity contribution >= 4 is 17.1 Å². The summed E-state index contributed by atoms with van der Waals surface area (Å²) in [5.41, 5.74) is 0.993. The van der Waals surface area contributed by atoms with E-state index in [2.05, 4.69) is 15.0 Å². The second-order valence-electron chi connectivity index (χ2n) is 3.91. The van der Waals surface area contributed by atoms with Gasteiger partial charge in [-0.15, -0.1) is 0 Å². The summed E-state index contributed by atoms with van der Waals surface area (Å²) in [5.74, 6) is -0.424. The van der Waals surface area contributed by atoms with Gasteiger partial charge < -0.3 is 14.8 Å². The molecule has 6 nitrogen and oxygen atoms in total. The van der Waals surface area contributed by atoms with E-state index < -0.39 is 5.97 Å². The largest absolute Gasteiger partial charge is 0.478 e. The highest BCUT2D eigenvalue weighted by atomic mass is 16.5. The number of aromatic nitrogens is 3. The summed E-state index contributed by atoms with van der Waals surface area (Å²) in [5, 5.41) is 9.00. The van der Waals surface area contributed by atoms with E-state index in [-0.39, 0.29) is 11.7 Å². The molecule has 0 aliphatic heterocycles. The van der Waals surface area contributed by atoms with Gasteiger partial charge in [0.1, 0.15) is 12.4 Å². The number of aromatic carboxylic acids is 1. The van der Waals surface area contributed by atoms with Gasteiger partial charge in [-0.1, -0.05) is 0 Å². The summed E-state index contributed by atoms with van der Waals surface area (Å²) >= 11 is 0. The lowest BCUT2D eigenvalue weighted by molar-refractivity contribution is 0.0618. The number of nitrogens with zero attached hydrogens (tertiary/aromatic N) is 2. The number of rotatable bonds is 4. The van der Waals surface area contributed by atoms with E-state index in [4.69, 9.17) is 9.84 Å². The molecule has 17 heavy (non-hydrogen) atoms. The van der Waals surface area contributed by atoms with Gasteiger partial charge in [0, 0.05) is 6.20 Å². The van der Waals surface area contributed by atoms with E-state index in [1.54, 1.807) is 0 Å². The van der Waals surface area contributed by atoms with E-state index >= 15 is 0 Å². The van der Waals surface area contributed by atoms with Gasteiger partial charge >= 0.3 is 5.97 Å². The first-order valence-corrected chi connectivity index (χ1v) is 5.26. The van der Waals surface area contributed by atoms with E-state index in [1.807, 2.05) is 13.8 Å². The highest BCUT2D eigenvalue weighted by molar-refractivity contribution is 5.99. The number of carboxylic acids is 1. The van der Waals surface area contributed by atoms with Gasteiger partial charge in [0.2, 0.25) is 0 Å². The van der Waals surface area contributed by atoms with E-state index in [1.165, 1.54) is 12.3 Å². The van der Waals surface area contributed by atoms with Crippen molar-refractivity contribution < 1.29 is 14.6 Å². The predicted molar refractivity (Wildman–Crippen MR) is 60.8 cm³/mol. The van der Waals surface area contributed by atoms with E-state index in [9.17, 15) is 4.79 Å². The Bertz CT molecular complexity index is 548. The zero-order chi connectivity index (χ0) is 12.4. The predicted octanol–water partition coefficient (Wildman–Crippen LogP) is 1.58. The summed E-state index contributed by atoms with van der Waals surface area (Å²) in [4.78, 5) is 22.1. The van der Waals surface area contributed by atoms with Gasteiger partial charge in [-0.2, -0.15) is 0 Å². The normalized spacial score (nSPS) is 11.2. The third-order valence-electron chi connectivity index (χ3n) is 2.22. The van der Waals surface area contributed by atoms with Crippen molar-refractivity contribution in [3.8, 4) is 0 Å². The van der Waals surface area contributed by atoms with Gasteiger partial charge in [0.05, 0.1) is 17.2 Å². The van der Waals surface area contributed by atoms with Crippen molar-refractivity contribution in [3.05, 3.63) is 23.7 Å². The van der Waals surface area contributed by atoms with Crippen LogP contribution < -0.4 is 0 Å². The molecule has 90 valence electrons. The molecule has 0 radical (unpaired) electrons. The number of H-pyrrole nitrogens is 1. The number of carbonyl (C=O) groups is 1. The Hall–Kier alpha value is -1.95. The van der Waals surface area contributed by atoms with Crippen LogP contribution in [0.25, 0.3) is 11.2 Å². The van der Waals surface area contributed by atoms with Gasteiger partial charge in [-0.3, -0.25) is 0 Å². The Labute approximate surface area is 97.7 Å². The van der Waals surface area contributed by atoms with Crippen molar-refractivity contribution in [2.75, 3.05) is 0 Å². The molecule has 0 fully saturated rings. The molecule has 2 rings (SSSR count). The molecule has 0 saturated carbocycles. The van der Waals surface area contributed by atoms with Gasteiger partial charge in [-0.25, -0.2) is 14.8 Å². The van der Waals surface area contributed by atoms with Crippen LogP contribution in [-0.2, 0) is 11.3 Å². The highest BCUT2D eigenvalue weighted by Crippen LogP contribution is 2.14. The van der Waals surface area contributed by atoms with Crippen molar-refractivity contribution in [2.45, 2.75) is 26.6 Å². The van der Waals surface area contributed by atoms with Crippen molar-refractivity contribution in [3.63, 3.8) is 0 Å². The molecule has 0 bridgehead atoms. The lowest BCUT2D eigenvalue weighted by atomic mass is 10.2. The fourth-order valence-corrected chi connectivity index (χ4v) is 1.45. The number of imidazole rings is 1. The van der Waals surface area contributed by atoms with Crippen LogP contribution in [0.1, 0.15) is 30.0 Å². The van der Waals surface area contributed by atoms with Crippen LogP contribution in [0.2, 0.25) is 0 Å². The number of hydrogen-bond acceptors (Lipinski definition) is 4. The van der Waals surface area contributed by atoms with Crippen LogP contribution >= 0.6 is 0 Å². The zero-order valence-electron chi connectivity index (χ0n) is 9.60. The minimum Gasteiger partial charge on any atom is -0.478 e. The lowest BCUT2D eigenvalue weighted by Gasteiger charge is -2.03. The third kappa shape index (κ3) is 2.42. The van der Waals surface area contributed by atoms with Gasteiger partial charge in [0.25, 0.3) is 0 Å². The molecule has 0 aliphatic carbocycles. The highest BCUT2D eigenvalue weighted by Gasteiger charge is 2.13. The first kappa shape index (κ1) is 11.5. The monoisotopic (exact) mass is 235 g/mol. The molecule has 0 unspecified atom stereocenters.